The van der Waals surface area contributed by atoms with E-state index in [9.17, 15) is 23.0 Å². The third-order valence-electron chi connectivity index (χ3n) is 5.62. The van der Waals surface area contributed by atoms with E-state index in [-0.39, 0.29) is 31.1 Å². The van der Waals surface area contributed by atoms with E-state index in [0.29, 0.717) is 28.8 Å². The van der Waals surface area contributed by atoms with E-state index in [1.807, 2.05) is 0 Å². The van der Waals surface area contributed by atoms with Gasteiger partial charge in [0.2, 0.25) is 0 Å². The molecule has 0 radical (unpaired) electrons. The number of benzene rings is 1. The number of halogens is 3. The zero-order chi connectivity index (χ0) is 21.8. The molecule has 4 heterocycles. The summed E-state index contributed by atoms with van der Waals surface area (Å²) in [5.74, 6) is -0.391. The van der Waals surface area contributed by atoms with Crippen molar-refractivity contribution in [1.82, 2.24) is 14.6 Å². The molecule has 31 heavy (non-hydrogen) atoms. The van der Waals surface area contributed by atoms with Crippen LogP contribution in [0.4, 0.5) is 24.7 Å². The molecule has 2 aliphatic rings. The Hall–Kier alpha value is -3.12. The molecule has 12 heteroatoms. The summed E-state index contributed by atoms with van der Waals surface area (Å²) in [6, 6.07) is 6.49. The number of anilines is 2. The molecule has 2 aromatic heterocycles. The number of hydrogen-bond acceptors (Lipinski definition) is 6. The molecule has 0 bridgehead atoms. The molecule has 2 aliphatic heterocycles. The van der Waals surface area contributed by atoms with Crippen molar-refractivity contribution in [1.29, 1.82) is 0 Å². The van der Waals surface area contributed by atoms with Crippen molar-refractivity contribution in [2.75, 3.05) is 16.8 Å². The first kappa shape index (κ1) is 19.8. The maximum absolute atomic E-state index is 13.4. The molecule has 1 atom stereocenters. The van der Waals surface area contributed by atoms with Crippen LogP contribution in [0.25, 0.3) is 5.65 Å². The number of aromatic nitrogens is 3. The second-order valence-electron chi connectivity index (χ2n) is 7.49. The van der Waals surface area contributed by atoms with Crippen LogP contribution in [0.5, 0.6) is 0 Å². The van der Waals surface area contributed by atoms with Crippen LogP contribution in [-0.4, -0.2) is 51.4 Å². The molecule has 3 aromatic rings. The Morgan fingerprint density at radius 3 is 2.94 bits per heavy atom. The molecule has 0 saturated carbocycles. The predicted molar refractivity (Wildman–Crippen MR) is 106 cm³/mol. The largest absolute Gasteiger partial charge is 0.491 e. The molecule has 160 valence electrons. The first-order valence-electron chi connectivity index (χ1n) is 9.74. The molecule has 2 N–H and O–H groups in total. The van der Waals surface area contributed by atoms with Crippen LogP contribution >= 0.6 is 0 Å². The summed E-state index contributed by atoms with van der Waals surface area (Å²) in [5.41, 5.74) is 2.13. The van der Waals surface area contributed by atoms with Crippen molar-refractivity contribution in [3.63, 3.8) is 0 Å². The van der Waals surface area contributed by atoms with Crippen LogP contribution in [0, 0.1) is 0 Å². The molecule has 0 spiro atoms. The highest BCUT2D eigenvalue weighted by molar-refractivity contribution is 6.61. The highest BCUT2D eigenvalue weighted by Crippen LogP contribution is 2.35. The van der Waals surface area contributed by atoms with E-state index >= 15 is 0 Å². The summed E-state index contributed by atoms with van der Waals surface area (Å²) in [6.07, 6.45) is -2.62. The fourth-order valence-corrected chi connectivity index (χ4v) is 4.11. The van der Waals surface area contributed by atoms with Crippen LogP contribution in [0.15, 0.2) is 36.5 Å². The van der Waals surface area contributed by atoms with Crippen molar-refractivity contribution in [2.45, 2.75) is 31.7 Å². The molecular weight excluding hydrogens is 414 g/mol. The number of hydrogen-bond donors (Lipinski definition) is 2. The van der Waals surface area contributed by atoms with E-state index < -0.39 is 25.2 Å². The number of nitrogens with zero attached hydrogens (tertiary/aromatic N) is 4. The van der Waals surface area contributed by atoms with E-state index in [4.69, 9.17) is 4.65 Å². The lowest BCUT2D eigenvalue weighted by Gasteiger charge is -2.27. The van der Waals surface area contributed by atoms with E-state index in [1.54, 1.807) is 18.2 Å². The molecule has 0 aliphatic carbocycles. The highest BCUT2D eigenvalue weighted by Gasteiger charge is 2.46. The smallest absolute Gasteiger partial charge is 0.423 e. The first-order valence-corrected chi connectivity index (χ1v) is 9.74. The second kappa shape index (κ2) is 7.24. The Morgan fingerprint density at radius 2 is 2.13 bits per heavy atom. The minimum Gasteiger partial charge on any atom is -0.423 e. The van der Waals surface area contributed by atoms with Gasteiger partial charge in [0, 0.05) is 12.2 Å². The number of fused-ring (bicyclic) bond motifs is 2. The van der Waals surface area contributed by atoms with Gasteiger partial charge in [-0.05, 0) is 42.1 Å². The third kappa shape index (κ3) is 3.41. The molecule has 1 fully saturated rings. The summed E-state index contributed by atoms with van der Waals surface area (Å²) in [7, 11) is -1.05. The molecule has 1 unspecified atom stereocenters. The Morgan fingerprint density at radius 1 is 1.29 bits per heavy atom. The van der Waals surface area contributed by atoms with Crippen molar-refractivity contribution in [3.8, 4) is 0 Å². The van der Waals surface area contributed by atoms with Crippen molar-refractivity contribution >= 4 is 35.6 Å². The van der Waals surface area contributed by atoms with Crippen LogP contribution in [0.1, 0.15) is 28.9 Å². The van der Waals surface area contributed by atoms with Crippen LogP contribution < -0.4 is 15.7 Å². The summed E-state index contributed by atoms with van der Waals surface area (Å²) >= 11 is 0. The summed E-state index contributed by atoms with van der Waals surface area (Å²) in [6.45, 7) is 0.383. The fourth-order valence-electron chi connectivity index (χ4n) is 4.11. The SMILES string of the molecule is O=C(Nc1cccc2c1COB2O)c1cnc2ccc(N3CCCC3C(F)(F)F)nn12. The average Bonchev–Trinajstić information content (AvgIpc) is 3.46. The van der Waals surface area contributed by atoms with Gasteiger partial charge < -0.3 is 19.9 Å². The Bertz CT molecular complexity index is 1170. The van der Waals surface area contributed by atoms with E-state index in [0.717, 1.165) is 0 Å². The third-order valence-corrected chi connectivity index (χ3v) is 5.62. The lowest BCUT2D eigenvalue weighted by molar-refractivity contribution is -0.146. The van der Waals surface area contributed by atoms with Gasteiger partial charge in [0.05, 0.1) is 12.8 Å². The fraction of sp³-hybridized carbons (Fsp3) is 0.316. The molecule has 1 aromatic carbocycles. The maximum atomic E-state index is 13.4. The number of alkyl halides is 3. The molecule has 1 saturated heterocycles. The van der Waals surface area contributed by atoms with Gasteiger partial charge in [-0.2, -0.15) is 13.2 Å². The number of nitrogens with one attached hydrogen (secondary N) is 1. The van der Waals surface area contributed by atoms with Crippen molar-refractivity contribution in [2.24, 2.45) is 0 Å². The second-order valence-corrected chi connectivity index (χ2v) is 7.49. The number of imidazole rings is 1. The minimum atomic E-state index is -4.36. The number of amides is 1. The van der Waals surface area contributed by atoms with Crippen LogP contribution in [0.3, 0.4) is 0 Å². The molecule has 1 amide bonds. The lowest BCUT2D eigenvalue weighted by atomic mass is 9.79. The quantitative estimate of drug-likeness (QED) is 0.614. The zero-order valence-corrected chi connectivity index (χ0v) is 16.1. The first-order chi connectivity index (χ1) is 14.8. The van der Waals surface area contributed by atoms with Gasteiger partial charge in [0.25, 0.3) is 5.91 Å². The van der Waals surface area contributed by atoms with Gasteiger partial charge in [-0.25, -0.2) is 9.50 Å². The van der Waals surface area contributed by atoms with Gasteiger partial charge in [-0.3, -0.25) is 4.79 Å². The van der Waals surface area contributed by atoms with Crippen LogP contribution in [0.2, 0.25) is 0 Å². The van der Waals surface area contributed by atoms with Gasteiger partial charge in [0.15, 0.2) is 11.3 Å². The van der Waals surface area contributed by atoms with Crippen molar-refractivity contribution in [3.05, 3.63) is 47.8 Å². The summed E-state index contributed by atoms with van der Waals surface area (Å²) < 4.78 is 46.5. The Balaban J connectivity index is 1.46. The van der Waals surface area contributed by atoms with Crippen LogP contribution in [-0.2, 0) is 11.3 Å². The topological polar surface area (TPSA) is 92.0 Å². The van der Waals surface area contributed by atoms with Gasteiger partial charge in [0.1, 0.15) is 11.9 Å². The Kier molecular flexibility index (Phi) is 4.63. The lowest BCUT2D eigenvalue weighted by Crippen LogP contribution is -2.41. The maximum Gasteiger partial charge on any atom is 0.491 e. The van der Waals surface area contributed by atoms with Gasteiger partial charge in [-0.1, -0.05) is 12.1 Å². The monoisotopic (exact) mass is 431 g/mol. The predicted octanol–water partition coefficient (Wildman–Crippen LogP) is 1.73. The Labute approximate surface area is 174 Å². The molecular formula is C19H17BF3N5O3. The molecule has 5 rings (SSSR count). The van der Waals surface area contributed by atoms with E-state index in [1.165, 1.54) is 27.7 Å². The van der Waals surface area contributed by atoms with Crippen molar-refractivity contribution < 1.29 is 27.6 Å². The highest BCUT2D eigenvalue weighted by atomic mass is 19.4. The number of carbonyl (C=O) groups is 1. The minimum absolute atomic E-state index is 0.00747. The summed E-state index contributed by atoms with van der Waals surface area (Å²) in [5, 5.41) is 16.9. The average molecular weight is 431 g/mol. The van der Waals surface area contributed by atoms with Gasteiger partial charge in [-0.15, -0.1) is 5.10 Å². The molecule has 8 nitrogen and oxygen atoms in total. The van der Waals surface area contributed by atoms with E-state index in [2.05, 4.69) is 15.4 Å². The number of rotatable bonds is 3. The zero-order valence-electron chi connectivity index (χ0n) is 16.1. The number of carbonyl (C=O) groups excluding carboxylic acids is 1. The van der Waals surface area contributed by atoms with Gasteiger partial charge >= 0.3 is 13.3 Å². The normalized spacial score (nSPS) is 18.6. The summed E-state index contributed by atoms with van der Waals surface area (Å²) in [4.78, 5) is 18.3. The standard InChI is InChI=1S/C19H17BF3N5O3/c21-19(22,23)15-5-2-8-27(15)17-7-6-16-24-9-14(28(16)26-17)18(29)25-13-4-1-3-12-11(13)10-31-20(12)30/h1,3-4,6-7,9,15,30H,2,5,8,10H2,(H,25,29).